The molecule has 0 saturated carbocycles. The molecule has 146 valence electrons. The van der Waals surface area contributed by atoms with Gasteiger partial charge in [-0.25, -0.2) is 0 Å². The van der Waals surface area contributed by atoms with E-state index in [2.05, 4.69) is 0 Å². The van der Waals surface area contributed by atoms with Crippen LogP contribution in [0.3, 0.4) is 0 Å². The second kappa shape index (κ2) is 9.02. The van der Waals surface area contributed by atoms with Crippen molar-refractivity contribution in [2.45, 2.75) is 18.7 Å². The van der Waals surface area contributed by atoms with Crippen LogP contribution in [0.2, 0.25) is 0 Å². The molecule has 3 aromatic rings. The van der Waals surface area contributed by atoms with Gasteiger partial charge < -0.3 is 9.47 Å². The third-order valence-electron chi connectivity index (χ3n) is 4.06. The monoisotopic (exact) mass is 406 g/mol. The summed E-state index contributed by atoms with van der Waals surface area (Å²) in [5.41, 5.74) is 0.322. The summed E-state index contributed by atoms with van der Waals surface area (Å²) in [7, 11) is 0. The summed E-state index contributed by atoms with van der Waals surface area (Å²) in [6.07, 6.45) is -3.87. The maximum Gasteiger partial charge on any atom is 0.416 e. The van der Waals surface area contributed by atoms with E-state index in [1.54, 1.807) is 24.3 Å². The Bertz CT molecular complexity index is 863. The number of halogens is 4. The summed E-state index contributed by atoms with van der Waals surface area (Å²) in [4.78, 5) is 0. The van der Waals surface area contributed by atoms with Crippen LogP contribution in [0.15, 0.2) is 78.9 Å². The summed E-state index contributed by atoms with van der Waals surface area (Å²) in [6, 6.07) is 21.3. The molecule has 3 rings (SSSR count). The van der Waals surface area contributed by atoms with Gasteiger partial charge in [-0.05, 0) is 54.1 Å². The van der Waals surface area contributed by atoms with Crippen LogP contribution in [-0.2, 0) is 6.18 Å². The molecule has 0 aliphatic carbocycles. The molecule has 2 nitrogen and oxygen atoms in total. The molecule has 28 heavy (non-hydrogen) atoms. The summed E-state index contributed by atoms with van der Waals surface area (Å²) in [6.45, 7) is 0. The zero-order valence-electron chi connectivity index (χ0n) is 14.8. The molecule has 0 heterocycles. The van der Waals surface area contributed by atoms with Crippen molar-refractivity contribution < 1.29 is 22.6 Å². The van der Waals surface area contributed by atoms with Crippen molar-refractivity contribution in [3.8, 4) is 17.2 Å². The van der Waals surface area contributed by atoms with Crippen LogP contribution in [0.25, 0.3) is 0 Å². The van der Waals surface area contributed by atoms with Crippen molar-refractivity contribution in [3.63, 3.8) is 0 Å². The van der Waals surface area contributed by atoms with E-state index in [9.17, 15) is 13.2 Å². The fourth-order valence-corrected chi connectivity index (χ4v) is 2.86. The fourth-order valence-electron chi connectivity index (χ4n) is 2.66. The van der Waals surface area contributed by atoms with Crippen LogP contribution in [-0.4, -0.2) is 5.88 Å². The van der Waals surface area contributed by atoms with Gasteiger partial charge in [0.1, 0.15) is 23.4 Å². The highest BCUT2D eigenvalue weighted by Gasteiger charge is 2.30. The van der Waals surface area contributed by atoms with E-state index in [0.717, 1.165) is 17.7 Å². The van der Waals surface area contributed by atoms with Crippen molar-refractivity contribution in [3.05, 3.63) is 90.0 Å². The van der Waals surface area contributed by atoms with E-state index in [1.807, 2.05) is 30.3 Å². The maximum absolute atomic E-state index is 12.6. The SMILES string of the molecule is FC(F)(F)c1ccc(Oc2ccc(OC(CCCl)c3ccccc3)cc2)cc1. The quantitative estimate of drug-likeness (QED) is 0.385. The van der Waals surface area contributed by atoms with Gasteiger partial charge in [-0.2, -0.15) is 13.2 Å². The highest BCUT2D eigenvalue weighted by Crippen LogP contribution is 2.32. The second-order valence-corrected chi connectivity index (χ2v) is 6.47. The first-order chi connectivity index (χ1) is 13.5. The zero-order valence-corrected chi connectivity index (χ0v) is 15.6. The molecule has 0 spiro atoms. The van der Waals surface area contributed by atoms with Crippen molar-refractivity contribution >= 4 is 11.6 Å². The number of rotatable bonds is 7. The predicted molar refractivity (Wildman–Crippen MR) is 103 cm³/mol. The molecule has 0 aromatic heterocycles. The smallest absolute Gasteiger partial charge is 0.416 e. The van der Waals surface area contributed by atoms with Gasteiger partial charge in [0.25, 0.3) is 0 Å². The number of alkyl halides is 4. The Balaban J connectivity index is 1.66. The predicted octanol–water partition coefficient (Wildman–Crippen LogP) is 7.25. The van der Waals surface area contributed by atoms with Gasteiger partial charge in [0, 0.05) is 12.3 Å². The van der Waals surface area contributed by atoms with E-state index >= 15 is 0 Å². The van der Waals surface area contributed by atoms with E-state index < -0.39 is 11.7 Å². The highest BCUT2D eigenvalue weighted by atomic mass is 35.5. The van der Waals surface area contributed by atoms with Gasteiger partial charge in [0.2, 0.25) is 0 Å². The molecule has 0 N–H and O–H groups in total. The van der Waals surface area contributed by atoms with E-state index in [-0.39, 0.29) is 6.10 Å². The fraction of sp³-hybridized carbons (Fsp3) is 0.182. The standard InChI is InChI=1S/C22H18ClF3O2/c23-15-14-21(16-4-2-1-3-5-16)28-20-12-10-19(11-13-20)27-18-8-6-17(7-9-18)22(24,25)26/h1-13,21H,14-15H2. The van der Waals surface area contributed by atoms with Gasteiger partial charge in [-0.15, -0.1) is 11.6 Å². The largest absolute Gasteiger partial charge is 0.486 e. The molecule has 3 aromatic carbocycles. The molecule has 1 atom stereocenters. The summed E-state index contributed by atoms with van der Waals surface area (Å²) in [5.74, 6) is 1.94. The van der Waals surface area contributed by atoms with E-state index in [0.29, 0.717) is 29.5 Å². The van der Waals surface area contributed by atoms with Gasteiger partial charge in [0.05, 0.1) is 5.56 Å². The molecular formula is C22H18ClF3O2. The lowest BCUT2D eigenvalue weighted by atomic mass is 10.1. The molecule has 1 unspecified atom stereocenters. The number of ether oxygens (including phenoxy) is 2. The van der Waals surface area contributed by atoms with Gasteiger partial charge in [-0.3, -0.25) is 0 Å². The minimum absolute atomic E-state index is 0.166. The lowest BCUT2D eigenvalue weighted by molar-refractivity contribution is -0.137. The highest BCUT2D eigenvalue weighted by molar-refractivity contribution is 6.17. The Morgan fingerprint density at radius 1 is 0.750 bits per heavy atom. The molecule has 0 radical (unpaired) electrons. The van der Waals surface area contributed by atoms with Crippen LogP contribution in [0, 0.1) is 0 Å². The summed E-state index contributed by atoms with van der Waals surface area (Å²) >= 11 is 5.90. The Labute approximate surface area is 166 Å². The van der Waals surface area contributed by atoms with Gasteiger partial charge in [-0.1, -0.05) is 30.3 Å². The number of hydrogen-bond acceptors (Lipinski definition) is 2. The van der Waals surface area contributed by atoms with Crippen molar-refractivity contribution in [1.29, 1.82) is 0 Å². The second-order valence-electron chi connectivity index (χ2n) is 6.09. The van der Waals surface area contributed by atoms with Crippen LogP contribution in [0.1, 0.15) is 23.7 Å². The molecular weight excluding hydrogens is 389 g/mol. The van der Waals surface area contributed by atoms with Gasteiger partial charge in [0.15, 0.2) is 0 Å². The topological polar surface area (TPSA) is 18.5 Å². The third kappa shape index (κ3) is 5.42. The summed E-state index contributed by atoms with van der Waals surface area (Å²) < 4.78 is 49.5. The lowest BCUT2D eigenvalue weighted by Gasteiger charge is -2.19. The van der Waals surface area contributed by atoms with Crippen molar-refractivity contribution in [2.24, 2.45) is 0 Å². The average Bonchev–Trinajstić information content (AvgIpc) is 2.69. The first kappa shape index (κ1) is 20.1. The zero-order chi connectivity index (χ0) is 20.0. The first-order valence-electron chi connectivity index (χ1n) is 8.68. The summed E-state index contributed by atoms with van der Waals surface area (Å²) in [5, 5.41) is 0. The molecule has 0 fully saturated rings. The first-order valence-corrected chi connectivity index (χ1v) is 9.22. The maximum atomic E-state index is 12.6. The number of benzene rings is 3. The Hall–Kier alpha value is -2.66. The van der Waals surface area contributed by atoms with Crippen LogP contribution >= 0.6 is 11.6 Å². The minimum Gasteiger partial charge on any atom is -0.486 e. The molecule has 0 bridgehead atoms. The third-order valence-corrected chi connectivity index (χ3v) is 4.28. The Morgan fingerprint density at radius 3 is 1.82 bits per heavy atom. The van der Waals surface area contributed by atoms with Crippen LogP contribution in [0.4, 0.5) is 13.2 Å². The molecule has 0 amide bonds. The van der Waals surface area contributed by atoms with Crippen LogP contribution < -0.4 is 9.47 Å². The van der Waals surface area contributed by atoms with Crippen LogP contribution in [0.5, 0.6) is 17.2 Å². The van der Waals surface area contributed by atoms with Gasteiger partial charge >= 0.3 is 6.18 Å². The molecule has 6 heteroatoms. The molecule has 0 aliphatic rings. The minimum atomic E-state index is -4.37. The van der Waals surface area contributed by atoms with Crippen molar-refractivity contribution in [2.75, 3.05) is 5.88 Å². The molecule has 0 saturated heterocycles. The Kier molecular flexibility index (Phi) is 6.47. The van der Waals surface area contributed by atoms with E-state index in [4.69, 9.17) is 21.1 Å². The van der Waals surface area contributed by atoms with Crippen molar-refractivity contribution in [1.82, 2.24) is 0 Å². The molecule has 0 aliphatic heterocycles. The number of hydrogen-bond donors (Lipinski definition) is 0. The average molecular weight is 407 g/mol. The normalized spacial score (nSPS) is 12.4. The van der Waals surface area contributed by atoms with E-state index in [1.165, 1.54) is 12.1 Å². The Morgan fingerprint density at radius 2 is 1.29 bits per heavy atom. The lowest BCUT2D eigenvalue weighted by Crippen LogP contribution is -2.08.